The van der Waals surface area contributed by atoms with Gasteiger partial charge in [-0.3, -0.25) is 0 Å². The third-order valence-corrected chi connectivity index (χ3v) is 11.8. The largest absolute Gasteiger partial charge is 0.393 e. The van der Waals surface area contributed by atoms with Crippen molar-refractivity contribution in [2.75, 3.05) is 0 Å². The SMILES string of the molecule is CC(C)C(C)/C=C/[C@@H](C)[C@H]1CC[C@@]2(C)C3=C(CC[C@]12C)[C@@]1(C)CC[C@H](O)[C@@H](C)[C@@H]1CC3. The number of aliphatic hydroxyl groups is 1. The molecule has 0 aromatic carbocycles. The summed E-state index contributed by atoms with van der Waals surface area (Å²) in [6.45, 7) is 19.8. The van der Waals surface area contributed by atoms with Crippen LogP contribution in [0.4, 0.5) is 0 Å². The van der Waals surface area contributed by atoms with Crippen molar-refractivity contribution >= 4 is 0 Å². The fourth-order valence-electron chi connectivity index (χ4n) is 8.89. The molecule has 4 aliphatic rings. The van der Waals surface area contributed by atoms with Gasteiger partial charge in [-0.1, -0.05) is 78.7 Å². The van der Waals surface area contributed by atoms with Crippen LogP contribution in [-0.4, -0.2) is 11.2 Å². The first-order chi connectivity index (χ1) is 14.5. The monoisotopic (exact) mass is 426 g/mol. The second kappa shape index (κ2) is 8.03. The van der Waals surface area contributed by atoms with Gasteiger partial charge in [-0.25, -0.2) is 0 Å². The van der Waals surface area contributed by atoms with E-state index >= 15 is 0 Å². The summed E-state index contributed by atoms with van der Waals surface area (Å²) in [6.07, 6.45) is 15.2. The van der Waals surface area contributed by atoms with E-state index in [9.17, 15) is 5.11 Å². The van der Waals surface area contributed by atoms with E-state index in [1.807, 2.05) is 11.1 Å². The van der Waals surface area contributed by atoms with Gasteiger partial charge in [0, 0.05) is 0 Å². The Hall–Kier alpha value is -0.560. The van der Waals surface area contributed by atoms with Gasteiger partial charge >= 0.3 is 0 Å². The third-order valence-electron chi connectivity index (χ3n) is 11.8. The maximum atomic E-state index is 10.6. The van der Waals surface area contributed by atoms with E-state index in [1.165, 1.54) is 44.9 Å². The summed E-state index contributed by atoms with van der Waals surface area (Å²) in [6, 6.07) is 0. The van der Waals surface area contributed by atoms with E-state index < -0.39 is 0 Å². The molecule has 0 amide bonds. The van der Waals surface area contributed by atoms with Gasteiger partial charge in [0.2, 0.25) is 0 Å². The number of hydrogen-bond acceptors (Lipinski definition) is 1. The van der Waals surface area contributed by atoms with Crippen molar-refractivity contribution in [2.24, 2.45) is 51.8 Å². The Bertz CT molecular complexity index is 746. The van der Waals surface area contributed by atoms with E-state index in [4.69, 9.17) is 0 Å². The maximum Gasteiger partial charge on any atom is 0.0569 e. The topological polar surface area (TPSA) is 20.2 Å². The van der Waals surface area contributed by atoms with Crippen molar-refractivity contribution < 1.29 is 5.11 Å². The van der Waals surface area contributed by atoms with Crippen LogP contribution in [0.3, 0.4) is 0 Å². The molecule has 2 saturated carbocycles. The fourth-order valence-corrected chi connectivity index (χ4v) is 8.89. The zero-order valence-corrected chi connectivity index (χ0v) is 21.8. The van der Waals surface area contributed by atoms with E-state index in [1.54, 1.807) is 0 Å². The highest BCUT2D eigenvalue weighted by atomic mass is 16.3. The first kappa shape index (κ1) is 23.6. The van der Waals surface area contributed by atoms with Gasteiger partial charge < -0.3 is 5.11 Å². The van der Waals surface area contributed by atoms with Crippen molar-refractivity contribution in [1.82, 2.24) is 0 Å². The van der Waals surface area contributed by atoms with Crippen LogP contribution in [0.5, 0.6) is 0 Å². The maximum absolute atomic E-state index is 10.6. The van der Waals surface area contributed by atoms with Gasteiger partial charge in [0.1, 0.15) is 0 Å². The zero-order valence-electron chi connectivity index (χ0n) is 21.8. The van der Waals surface area contributed by atoms with Crippen LogP contribution in [-0.2, 0) is 0 Å². The molecule has 0 radical (unpaired) electrons. The average molecular weight is 427 g/mol. The minimum absolute atomic E-state index is 0.0820. The molecule has 1 heteroatoms. The van der Waals surface area contributed by atoms with Gasteiger partial charge in [-0.05, 0) is 103 Å². The highest BCUT2D eigenvalue weighted by molar-refractivity contribution is 5.38. The molecule has 4 rings (SSSR count). The predicted octanol–water partition coefficient (Wildman–Crippen LogP) is 8.19. The molecule has 0 spiro atoms. The molecule has 0 heterocycles. The number of hydrogen-bond donors (Lipinski definition) is 1. The molecule has 0 aliphatic heterocycles. The average Bonchev–Trinajstić information content (AvgIpc) is 3.00. The summed E-state index contributed by atoms with van der Waals surface area (Å²) in [4.78, 5) is 0. The lowest BCUT2D eigenvalue weighted by Gasteiger charge is -2.60. The summed E-state index contributed by atoms with van der Waals surface area (Å²) >= 11 is 0. The van der Waals surface area contributed by atoms with Gasteiger partial charge in [0.05, 0.1) is 6.10 Å². The second-order valence-electron chi connectivity index (χ2n) is 13.2. The van der Waals surface area contributed by atoms with Crippen LogP contribution >= 0.6 is 0 Å². The molecular formula is C30H50O. The Morgan fingerprint density at radius 3 is 2.26 bits per heavy atom. The van der Waals surface area contributed by atoms with E-state index in [2.05, 4.69) is 67.5 Å². The fraction of sp³-hybridized carbons (Fsp3) is 0.867. The number of fused-ring (bicyclic) bond motifs is 4. The number of aliphatic hydroxyl groups excluding tert-OH is 1. The van der Waals surface area contributed by atoms with Crippen LogP contribution in [0.1, 0.15) is 107 Å². The van der Waals surface area contributed by atoms with Gasteiger partial charge in [0.15, 0.2) is 0 Å². The minimum atomic E-state index is -0.0820. The Balaban J connectivity index is 1.64. The van der Waals surface area contributed by atoms with Crippen molar-refractivity contribution in [3.05, 3.63) is 23.3 Å². The quantitative estimate of drug-likeness (QED) is 0.449. The predicted molar refractivity (Wildman–Crippen MR) is 133 cm³/mol. The van der Waals surface area contributed by atoms with E-state index in [-0.39, 0.29) is 6.10 Å². The van der Waals surface area contributed by atoms with E-state index in [0.29, 0.717) is 39.9 Å². The number of allylic oxidation sites excluding steroid dienone is 4. The van der Waals surface area contributed by atoms with Crippen LogP contribution in [0.15, 0.2) is 23.3 Å². The molecule has 1 unspecified atom stereocenters. The zero-order chi connectivity index (χ0) is 22.8. The van der Waals surface area contributed by atoms with Crippen molar-refractivity contribution in [3.63, 3.8) is 0 Å². The van der Waals surface area contributed by atoms with Gasteiger partial charge in [0.25, 0.3) is 0 Å². The van der Waals surface area contributed by atoms with Gasteiger partial charge in [-0.2, -0.15) is 0 Å². The Morgan fingerprint density at radius 1 is 0.871 bits per heavy atom. The summed E-state index contributed by atoms with van der Waals surface area (Å²) in [5.74, 6) is 4.01. The summed E-state index contributed by atoms with van der Waals surface area (Å²) in [5.41, 5.74) is 4.87. The molecule has 0 aromatic heterocycles. The van der Waals surface area contributed by atoms with Crippen molar-refractivity contribution in [1.29, 1.82) is 0 Å². The smallest absolute Gasteiger partial charge is 0.0569 e. The summed E-state index contributed by atoms with van der Waals surface area (Å²) in [5, 5.41) is 10.6. The second-order valence-corrected chi connectivity index (χ2v) is 13.2. The lowest BCUT2D eigenvalue weighted by atomic mass is 9.45. The minimum Gasteiger partial charge on any atom is -0.393 e. The molecule has 1 nitrogen and oxygen atoms in total. The van der Waals surface area contributed by atoms with Crippen LogP contribution in [0, 0.1) is 51.8 Å². The lowest BCUT2D eigenvalue weighted by molar-refractivity contribution is -0.0403. The highest BCUT2D eigenvalue weighted by Gasteiger charge is 2.61. The third kappa shape index (κ3) is 3.43. The first-order valence-electron chi connectivity index (χ1n) is 13.5. The summed E-state index contributed by atoms with van der Waals surface area (Å²) < 4.78 is 0. The molecule has 1 N–H and O–H groups in total. The molecule has 0 aromatic rings. The molecular weight excluding hydrogens is 376 g/mol. The standard InChI is InChI=1S/C30H50O/c1-19(2)20(3)9-10-21(4)23-13-17-30(8)26-12-11-24-22(5)27(31)15-16-28(24,6)25(26)14-18-29(23,30)7/h9-10,19-24,27,31H,11-18H2,1-8H3/b10-9+/t20?,21-,22+,23-,24+,27+,28+,29-,30+/m1/s1. The van der Waals surface area contributed by atoms with Crippen LogP contribution in [0.25, 0.3) is 0 Å². The Labute approximate surface area is 193 Å². The normalized spacial score (nSPS) is 47.3. The molecule has 2 fully saturated rings. The van der Waals surface area contributed by atoms with Crippen molar-refractivity contribution in [3.8, 4) is 0 Å². The van der Waals surface area contributed by atoms with Crippen LogP contribution < -0.4 is 0 Å². The molecule has 0 saturated heterocycles. The Morgan fingerprint density at radius 2 is 1.58 bits per heavy atom. The lowest BCUT2D eigenvalue weighted by Crippen LogP contribution is -2.51. The van der Waals surface area contributed by atoms with E-state index in [0.717, 1.165) is 18.3 Å². The molecule has 4 aliphatic carbocycles. The van der Waals surface area contributed by atoms with Crippen molar-refractivity contribution in [2.45, 2.75) is 113 Å². The summed E-state index contributed by atoms with van der Waals surface area (Å²) in [7, 11) is 0. The first-order valence-corrected chi connectivity index (χ1v) is 13.5. The molecule has 0 bridgehead atoms. The van der Waals surface area contributed by atoms with Crippen LogP contribution in [0.2, 0.25) is 0 Å². The number of rotatable bonds is 4. The molecule has 31 heavy (non-hydrogen) atoms. The molecule has 9 atom stereocenters. The Kier molecular flexibility index (Phi) is 6.11. The van der Waals surface area contributed by atoms with Gasteiger partial charge in [-0.15, -0.1) is 0 Å². The molecule has 176 valence electrons. The highest BCUT2D eigenvalue weighted by Crippen LogP contribution is 2.71.